The number of nitriles is 1. The Kier molecular flexibility index (Phi) is 4.00. The second kappa shape index (κ2) is 5.29. The van der Waals surface area contributed by atoms with E-state index in [1.807, 2.05) is 24.3 Å². The lowest BCUT2D eigenvalue weighted by Crippen LogP contribution is -1.94. The van der Waals surface area contributed by atoms with Gasteiger partial charge in [-0.05, 0) is 24.1 Å². The normalized spacial score (nSPS) is 11.8. The minimum Gasteiger partial charge on any atom is -0.497 e. The lowest BCUT2D eigenvalue weighted by molar-refractivity contribution is 0.414. The van der Waals surface area contributed by atoms with E-state index in [1.165, 1.54) is 0 Å². The molecule has 74 valence electrons. The maximum Gasteiger partial charge on any atom is 0.118 e. The van der Waals surface area contributed by atoms with Gasteiger partial charge in [-0.3, -0.25) is 0 Å². The molecule has 0 aromatic heterocycles. The molecular formula is C12H15NO. The van der Waals surface area contributed by atoms with Crippen molar-refractivity contribution < 1.29 is 4.74 Å². The molecule has 0 spiro atoms. The molecule has 1 aromatic carbocycles. The SMILES string of the molecule is CCC[C@H](C#N)c1ccc(OC)cc1. The summed E-state index contributed by atoms with van der Waals surface area (Å²) in [6, 6.07) is 10.0. The van der Waals surface area contributed by atoms with Gasteiger partial charge in [-0.25, -0.2) is 0 Å². The number of hydrogen-bond acceptors (Lipinski definition) is 2. The summed E-state index contributed by atoms with van der Waals surface area (Å²) in [4.78, 5) is 0. The zero-order chi connectivity index (χ0) is 10.4. The maximum absolute atomic E-state index is 8.96. The highest BCUT2D eigenvalue weighted by atomic mass is 16.5. The Balaban J connectivity index is 2.79. The first kappa shape index (κ1) is 10.6. The molecule has 0 radical (unpaired) electrons. The average Bonchev–Trinajstić information content (AvgIpc) is 2.26. The molecule has 0 N–H and O–H groups in total. The van der Waals surface area contributed by atoms with Crippen LogP contribution >= 0.6 is 0 Å². The first-order chi connectivity index (χ1) is 6.81. The second-order valence-corrected chi connectivity index (χ2v) is 3.24. The fraction of sp³-hybridized carbons (Fsp3) is 0.417. The summed E-state index contributed by atoms with van der Waals surface area (Å²) in [5.41, 5.74) is 1.08. The van der Waals surface area contributed by atoms with E-state index in [-0.39, 0.29) is 5.92 Å². The first-order valence-corrected chi connectivity index (χ1v) is 4.85. The third-order valence-electron chi connectivity index (χ3n) is 2.25. The third kappa shape index (κ3) is 2.50. The van der Waals surface area contributed by atoms with Gasteiger partial charge in [-0.2, -0.15) is 5.26 Å². The first-order valence-electron chi connectivity index (χ1n) is 4.85. The lowest BCUT2D eigenvalue weighted by Gasteiger charge is -2.08. The van der Waals surface area contributed by atoms with Gasteiger partial charge in [-0.1, -0.05) is 25.5 Å². The molecule has 0 aliphatic heterocycles. The molecule has 0 heterocycles. The molecule has 14 heavy (non-hydrogen) atoms. The number of benzene rings is 1. The molecule has 2 heteroatoms. The van der Waals surface area contributed by atoms with E-state index in [0.717, 1.165) is 24.2 Å². The van der Waals surface area contributed by atoms with Crippen LogP contribution in [0.3, 0.4) is 0 Å². The number of rotatable bonds is 4. The quantitative estimate of drug-likeness (QED) is 0.729. The highest BCUT2D eigenvalue weighted by Crippen LogP contribution is 2.22. The minimum atomic E-state index is 0.0194. The smallest absolute Gasteiger partial charge is 0.118 e. The summed E-state index contributed by atoms with van der Waals surface area (Å²) in [6.45, 7) is 2.09. The fourth-order valence-corrected chi connectivity index (χ4v) is 1.43. The van der Waals surface area contributed by atoms with Gasteiger partial charge < -0.3 is 4.74 Å². The second-order valence-electron chi connectivity index (χ2n) is 3.24. The van der Waals surface area contributed by atoms with E-state index in [1.54, 1.807) is 7.11 Å². The van der Waals surface area contributed by atoms with Crippen molar-refractivity contribution in [3.8, 4) is 11.8 Å². The Bertz CT molecular complexity index is 310. The third-order valence-corrected chi connectivity index (χ3v) is 2.25. The van der Waals surface area contributed by atoms with Gasteiger partial charge in [0, 0.05) is 0 Å². The average molecular weight is 189 g/mol. The molecule has 0 aliphatic rings. The molecule has 0 saturated carbocycles. The molecule has 0 aliphatic carbocycles. The van der Waals surface area contributed by atoms with Crippen LogP contribution in [0.25, 0.3) is 0 Å². The van der Waals surface area contributed by atoms with Gasteiger partial charge in [0.15, 0.2) is 0 Å². The Morgan fingerprint density at radius 1 is 1.36 bits per heavy atom. The number of ether oxygens (including phenoxy) is 1. The van der Waals surface area contributed by atoms with Crippen molar-refractivity contribution in [2.75, 3.05) is 7.11 Å². The van der Waals surface area contributed by atoms with Crippen LogP contribution in [0.5, 0.6) is 5.75 Å². The van der Waals surface area contributed by atoms with Crippen LogP contribution in [-0.2, 0) is 0 Å². The number of nitrogens with zero attached hydrogens (tertiary/aromatic N) is 1. The summed E-state index contributed by atoms with van der Waals surface area (Å²) in [6.07, 6.45) is 1.95. The highest BCUT2D eigenvalue weighted by molar-refractivity contribution is 5.31. The molecule has 0 unspecified atom stereocenters. The molecular weight excluding hydrogens is 174 g/mol. The van der Waals surface area contributed by atoms with E-state index in [4.69, 9.17) is 10.00 Å². The lowest BCUT2D eigenvalue weighted by atomic mass is 9.96. The van der Waals surface area contributed by atoms with Crippen LogP contribution in [0.2, 0.25) is 0 Å². The van der Waals surface area contributed by atoms with Crippen molar-refractivity contribution in [3.05, 3.63) is 29.8 Å². The van der Waals surface area contributed by atoms with Crippen molar-refractivity contribution in [2.45, 2.75) is 25.7 Å². The Morgan fingerprint density at radius 3 is 2.43 bits per heavy atom. The van der Waals surface area contributed by atoms with Gasteiger partial charge in [0.1, 0.15) is 5.75 Å². The van der Waals surface area contributed by atoms with Gasteiger partial charge in [-0.15, -0.1) is 0 Å². The topological polar surface area (TPSA) is 33.0 Å². The zero-order valence-electron chi connectivity index (χ0n) is 8.66. The Morgan fingerprint density at radius 2 is 2.00 bits per heavy atom. The monoisotopic (exact) mass is 189 g/mol. The summed E-state index contributed by atoms with van der Waals surface area (Å²) < 4.78 is 5.06. The minimum absolute atomic E-state index is 0.0194. The van der Waals surface area contributed by atoms with Crippen molar-refractivity contribution in [1.82, 2.24) is 0 Å². The molecule has 0 fully saturated rings. The summed E-state index contributed by atoms with van der Waals surface area (Å²) >= 11 is 0. The van der Waals surface area contributed by atoms with E-state index in [9.17, 15) is 0 Å². The van der Waals surface area contributed by atoms with E-state index >= 15 is 0 Å². The van der Waals surface area contributed by atoms with Gasteiger partial charge in [0.25, 0.3) is 0 Å². The van der Waals surface area contributed by atoms with Crippen LogP contribution in [0.15, 0.2) is 24.3 Å². The van der Waals surface area contributed by atoms with E-state index < -0.39 is 0 Å². The molecule has 2 nitrogen and oxygen atoms in total. The summed E-state index contributed by atoms with van der Waals surface area (Å²) in [7, 11) is 1.64. The molecule has 0 amide bonds. The van der Waals surface area contributed by atoms with Crippen molar-refractivity contribution in [3.63, 3.8) is 0 Å². The van der Waals surface area contributed by atoms with Crippen molar-refractivity contribution in [2.24, 2.45) is 0 Å². The van der Waals surface area contributed by atoms with Crippen LogP contribution < -0.4 is 4.74 Å². The predicted octanol–water partition coefficient (Wildman–Crippen LogP) is 3.10. The summed E-state index contributed by atoms with van der Waals surface area (Å²) in [5, 5.41) is 8.96. The van der Waals surface area contributed by atoms with Crippen LogP contribution in [0.4, 0.5) is 0 Å². The van der Waals surface area contributed by atoms with Gasteiger partial charge in [0.2, 0.25) is 0 Å². The summed E-state index contributed by atoms with van der Waals surface area (Å²) in [5.74, 6) is 0.854. The highest BCUT2D eigenvalue weighted by Gasteiger charge is 2.08. The zero-order valence-corrected chi connectivity index (χ0v) is 8.66. The van der Waals surface area contributed by atoms with Gasteiger partial charge >= 0.3 is 0 Å². The molecule has 0 bridgehead atoms. The van der Waals surface area contributed by atoms with Crippen LogP contribution in [-0.4, -0.2) is 7.11 Å². The molecule has 1 aromatic rings. The molecule has 1 atom stereocenters. The Labute approximate surface area is 85.1 Å². The largest absolute Gasteiger partial charge is 0.497 e. The van der Waals surface area contributed by atoms with Gasteiger partial charge in [0.05, 0.1) is 19.1 Å². The predicted molar refractivity (Wildman–Crippen MR) is 56.3 cm³/mol. The van der Waals surface area contributed by atoms with Crippen molar-refractivity contribution in [1.29, 1.82) is 5.26 Å². The van der Waals surface area contributed by atoms with E-state index in [2.05, 4.69) is 13.0 Å². The Hall–Kier alpha value is -1.49. The van der Waals surface area contributed by atoms with E-state index in [0.29, 0.717) is 0 Å². The molecule has 0 saturated heterocycles. The van der Waals surface area contributed by atoms with Crippen LogP contribution in [0, 0.1) is 11.3 Å². The van der Waals surface area contributed by atoms with Crippen LogP contribution in [0.1, 0.15) is 31.2 Å². The molecule has 1 rings (SSSR count). The fourth-order valence-electron chi connectivity index (χ4n) is 1.43. The maximum atomic E-state index is 8.96. The van der Waals surface area contributed by atoms with Crippen molar-refractivity contribution >= 4 is 0 Å². The number of hydrogen-bond donors (Lipinski definition) is 0. The number of methoxy groups -OCH3 is 1. The standard InChI is InChI=1S/C12H15NO/c1-3-4-11(9-13)10-5-7-12(14-2)8-6-10/h5-8,11H,3-4H2,1-2H3/t11-/m1/s1.